The Morgan fingerprint density at radius 1 is 1.13 bits per heavy atom. The Morgan fingerprint density at radius 2 is 1.93 bits per heavy atom. The van der Waals surface area contributed by atoms with Crippen LogP contribution >= 0.6 is 11.6 Å². The van der Waals surface area contributed by atoms with Gasteiger partial charge in [-0.05, 0) is 42.6 Å². The van der Waals surface area contributed by atoms with Gasteiger partial charge in [0.05, 0.1) is 11.9 Å². The molecule has 15 heavy (non-hydrogen) atoms. The van der Waals surface area contributed by atoms with Gasteiger partial charge in [-0.1, -0.05) is 12.1 Å². The molecule has 0 fully saturated rings. The van der Waals surface area contributed by atoms with E-state index >= 15 is 0 Å². The SMILES string of the molecule is Cc1ccc(-c2cnnc(Cl)n2)cc1C. The maximum absolute atomic E-state index is 5.68. The molecule has 2 aromatic rings. The molecule has 0 unspecified atom stereocenters. The van der Waals surface area contributed by atoms with Gasteiger partial charge in [0.1, 0.15) is 0 Å². The Kier molecular flexibility index (Phi) is 2.64. The van der Waals surface area contributed by atoms with Crippen molar-refractivity contribution in [1.29, 1.82) is 0 Å². The highest BCUT2D eigenvalue weighted by Gasteiger charge is 2.02. The predicted molar refractivity (Wildman–Crippen MR) is 59.7 cm³/mol. The molecule has 0 saturated carbocycles. The van der Waals surface area contributed by atoms with Gasteiger partial charge in [-0.15, -0.1) is 5.10 Å². The summed E-state index contributed by atoms with van der Waals surface area (Å²) < 4.78 is 0. The van der Waals surface area contributed by atoms with E-state index < -0.39 is 0 Å². The van der Waals surface area contributed by atoms with E-state index in [9.17, 15) is 0 Å². The molecule has 0 N–H and O–H groups in total. The van der Waals surface area contributed by atoms with E-state index in [1.165, 1.54) is 11.1 Å². The summed E-state index contributed by atoms with van der Waals surface area (Å²) in [6.07, 6.45) is 1.61. The second-order valence-electron chi connectivity index (χ2n) is 3.41. The van der Waals surface area contributed by atoms with Gasteiger partial charge in [0.15, 0.2) is 0 Å². The lowest BCUT2D eigenvalue weighted by molar-refractivity contribution is 0.974. The summed E-state index contributed by atoms with van der Waals surface area (Å²) in [5.41, 5.74) is 4.24. The van der Waals surface area contributed by atoms with Gasteiger partial charge in [0.25, 0.3) is 0 Å². The van der Waals surface area contributed by atoms with Crippen LogP contribution in [0.2, 0.25) is 5.28 Å². The number of nitrogens with zero attached hydrogens (tertiary/aromatic N) is 3. The lowest BCUT2D eigenvalue weighted by Crippen LogP contribution is -1.91. The van der Waals surface area contributed by atoms with Gasteiger partial charge in [0.2, 0.25) is 5.28 Å². The second-order valence-corrected chi connectivity index (χ2v) is 3.75. The molecule has 0 radical (unpaired) electrons. The number of hydrogen-bond acceptors (Lipinski definition) is 3. The van der Waals surface area contributed by atoms with Crippen LogP contribution < -0.4 is 0 Å². The molecule has 76 valence electrons. The first-order valence-electron chi connectivity index (χ1n) is 4.59. The van der Waals surface area contributed by atoms with Crippen LogP contribution in [-0.2, 0) is 0 Å². The van der Waals surface area contributed by atoms with Gasteiger partial charge < -0.3 is 0 Å². The Hall–Kier alpha value is -1.48. The number of halogens is 1. The molecule has 4 heteroatoms. The summed E-state index contributed by atoms with van der Waals surface area (Å²) >= 11 is 5.68. The van der Waals surface area contributed by atoms with Crippen LogP contribution in [0, 0.1) is 13.8 Å². The van der Waals surface area contributed by atoms with Crippen LogP contribution in [0.5, 0.6) is 0 Å². The third-order valence-corrected chi connectivity index (χ3v) is 2.50. The minimum atomic E-state index is 0.172. The molecule has 0 atom stereocenters. The molecule has 0 saturated heterocycles. The molecule has 0 aliphatic rings. The molecule has 2 rings (SSSR count). The molecule has 1 aromatic heterocycles. The van der Waals surface area contributed by atoms with Crippen LogP contribution in [0.3, 0.4) is 0 Å². The van der Waals surface area contributed by atoms with Gasteiger partial charge >= 0.3 is 0 Å². The molecule has 0 spiro atoms. The van der Waals surface area contributed by atoms with Crippen molar-refractivity contribution in [2.24, 2.45) is 0 Å². The van der Waals surface area contributed by atoms with Gasteiger partial charge in [-0.2, -0.15) is 5.10 Å². The topological polar surface area (TPSA) is 38.7 Å². The lowest BCUT2D eigenvalue weighted by Gasteiger charge is -2.03. The molecule has 3 nitrogen and oxygen atoms in total. The van der Waals surface area contributed by atoms with E-state index in [4.69, 9.17) is 11.6 Å². The van der Waals surface area contributed by atoms with Crippen molar-refractivity contribution < 1.29 is 0 Å². The van der Waals surface area contributed by atoms with Crippen LogP contribution in [0.1, 0.15) is 11.1 Å². The van der Waals surface area contributed by atoms with Gasteiger partial charge in [-0.3, -0.25) is 0 Å². The molecular weight excluding hydrogens is 210 g/mol. The van der Waals surface area contributed by atoms with Crippen molar-refractivity contribution in [3.05, 3.63) is 40.8 Å². The Bertz CT molecular complexity index is 497. The second kappa shape index (κ2) is 3.95. The zero-order valence-electron chi connectivity index (χ0n) is 8.53. The average molecular weight is 220 g/mol. The van der Waals surface area contributed by atoms with Gasteiger partial charge in [-0.25, -0.2) is 4.98 Å². The Morgan fingerprint density at radius 3 is 2.60 bits per heavy atom. The molecule has 1 aromatic carbocycles. The van der Waals surface area contributed by atoms with Crippen molar-refractivity contribution in [1.82, 2.24) is 15.2 Å². The number of benzene rings is 1. The normalized spacial score (nSPS) is 10.3. The summed E-state index contributed by atoms with van der Waals surface area (Å²) in [5.74, 6) is 0. The predicted octanol–water partition coefficient (Wildman–Crippen LogP) is 2.81. The minimum absolute atomic E-state index is 0.172. The van der Waals surface area contributed by atoms with E-state index in [2.05, 4.69) is 41.2 Å². The smallest absolute Gasteiger partial charge is 0.215 e. The van der Waals surface area contributed by atoms with Crippen LogP contribution in [0.4, 0.5) is 0 Å². The van der Waals surface area contributed by atoms with E-state index in [-0.39, 0.29) is 5.28 Å². The summed E-state index contributed by atoms with van der Waals surface area (Å²) in [4.78, 5) is 4.11. The highest BCUT2D eigenvalue weighted by molar-refractivity contribution is 6.28. The third-order valence-electron chi connectivity index (χ3n) is 2.34. The quantitative estimate of drug-likeness (QED) is 0.740. The maximum Gasteiger partial charge on any atom is 0.243 e. The molecular formula is C11H10ClN3. The van der Waals surface area contributed by atoms with Crippen LogP contribution in [0.15, 0.2) is 24.4 Å². The standard InChI is InChI=1S/C11H10ClN3/c1-7-3-4-9(5-8(7)2)10-6-13-15-11(12)14-10/h3-6H,1-2H3. The lowest BCUT2D eigenvalue weighted by atomic mass is 10.0. The zero-order valence-corrected chi connectivity index (χ0v) is 9.28. The Balaban J connectivity index is 2.50. The fraction of sp³-hybridized carbons (Fsp3) is 0.182. The van der Waals surface area contributed by atoms with Crippen molar-refractivity contribution in [3.8, 4) is 11.3 Å². The number of hydrogen-bond donors (Lipinski definition) is 0. The van der Waals surface area contributed by atoms with Crippen molar-refractivity contribution in [3.63, 3.8) is 0 Å². The largest absolute Gasteiger partial charge is 0.243 e. The van der Waals surface area contributed by atoms with Crippen LogP contribution in [0.25, 0.3) is 11.3 Å². The summed E-state index contributed by atoms with van der Waals surface area (Å²) in [5, 5.41) is 7.55. The summed E-state index contributed by atoms with van der Waals surface area (Å²) in [6.45, 7) is 4.14. The van der Waals surface area contributed by atoms with Gasteiger partial charge in [0, 0.05) is 5.56 Å². The maximum atomic E-state index is 5.68. The van der Waals surface area contributed by atoms with E-state index in [1.54, 1.807) is 6.20 Å². The van der Waals surface area contributed by atoms with Crippen molar-refractivity contribution in [2.75, 3.05) is 0 Å². The molecule has 1 heterocycles. The van der Waals surface area contributed by atoms with Crippen molar-refractivity contribution >= 4 is 11.6 Å². The highest BCUT2D eigenvalue weighted by Crippen LogP contribution is 2.19. The van der Waals surface area contributed by atoms with Crippen molar-refractivity contribution in [2.45, 2.75) is 13.8 Å². The van der Waals surface area contributed by atoms with E-state index in [1.807, 2.05) is 6.07 Å². The Labute approximate surface area is 93.1 Å². The van der Waals surface area contributed by atoms with E-state index in [0.29, 0.717) is 0 Å². The number of aromatic nitrogens is 3. The first-order valence-corrected chi connectivity index (χ1v) is 4.97. The average Bonchev–Trinajstić information content (AvgIpc) is 2.22. The fourth-order valence-electron chi connectivity index (χ4n) is 1.32. The number of aryl methyl sites for hydroxylation is 2. The molecule has 0 aliphatic carbocycles. The molecule has 0 aliphatic heterocycles. The van der Waals surface area contributed by atoms with Crippen LogP contribution in [-0.4, -0.2) is 15.2 Å². The zero-order chi connectivity index (χ0) is 10.8. The molecule has 0 bridgehead atoms. The first-order chi connectivity index (χ1) is 7.16. The highest BCUT2D eigenvalue weighted by atomic mass is 35.5. The summed E-state index contributed by atoms with van der Waals surface area (Å²) in [7, 11) is 0. The third kappa shape index (κ3) is 2.13. The molecule has 0 amide bonds. The minimum Gasteiger partial charge on any atom is -0.215 e. The first kappa shape index (κ1) is 10.1. The summed E-state index contributed by atoms with van der Waals surface area (Å²) in [6, 6.07) is 6.12. The fourth-order valence-corrected chi connectivity index (χ4v) is 1.46. The monoisotopic (exact) mass is 219 g/mol. The number of rotatable bonds is 1. The van der Waals surface area contributed by atoms with E-state index in [0.717, 1.165) is 11.3 Å².